The molecule has 0 unspecified atom stereocenters. The van der Waals surface area contributed by atoms with Gasteiger partial charge in [0.25, 0.3) is 0 Å². The second-order valence-electron chi connectivity index (χ2n) is 8.20. The summed E-state index contributed by atoms with van der Waals surface area (Å²) in [6.07, 6.45) is 0. The van der Waals surface area contributed by atoms with Crippen molar-refractivity contribution in [3.05, 3.63) is 23.8 Å². The van der Waals surface area contributed by atoms with Crippen LogP contribution in [0.4, 0.5) is 5.69 Å². The van der Waals surface area contributed by atoms with Gasteiger partial charge in [-0.05, 0) is 37.6 Å². The SMILES string of the molecule is CC1(C)C(=O)N(CC(=O)N2CCOCC2)c2ccc(S(=O)(=O)N3CCOCC3)cc21. The Balaban J connectivity index is 1.63. The van der Waals surface area contributed by atoms with Crippen LogP contribution in [-0.2, 0) is 34.5 Å². The van der Waals surface area contributed by atoms with E-state index < -0.39 is 15.4 Å². The van der Waals surface area contributed by atoms with Gasteiger partial charge in [-0.3, -0.25) is 9.59 Å². The highest BCUT2D eigenvalue weighted by Gasteiger charge is 2.45. The van der Waals surface area contributed by atoms with Crippen LogP contribution in [0.5, 0.6) is 0 Å². The van der Waals surface area contributed by atoms with E-state index in [4.69, 9.17) is 9.47 Å². The topological polar surface area (TPSA) is 96.5 Å². The number of sulfonamides is 1. The van der Waals surface area contributed by atoms with E-state index in [0.29, 0.717) is 63.9 Å². The lowest BCUT2D eigenvalue weighted by Gasteiger charge is -2.29. The fourth-order valence-electron chi connectivity index (χ4n) is 4.11. The molecule has 0 radical (unpaired) electrons. The van der Waals surface area contributed by atoms with Gasteiger partial charge in [0.2, 0.25) is 21.8 Å². The average Bonchev–Trinajstić information content (AvgIpc) is 2.95. The van der Waals surface area contributed by atoms with Gasteiger partial charge in [-0.2, -0.15) is 4.31 Å². The Kier molecular flexibility index (Phi) is 5.60. The third kappa shape index (κ3) is 3.62. The summed E-state index contributed by atoms with van der Waals surface area (Å²) in [6, 6.07) is 4.74. The number of carbonyl (C=O) groups excluding carboxylic acids is 2. The molecule has 0 atom stereocenters. The van der Waals surface area contributed by atoms with Gasteiger partial charge in [0, 0.05) is 31.9 Å². The normalized spacial score (nSPS) is 22.3. The van der Waals surface area contributed by atoms with Gasteiger partial charge >= 0.3 is 0 Å². The van der Waals surface area contributed by atoms with Crippen molar-refractivity contribution in [2.24, 2.45) is 0 Å². The van der Waals surface area contributed by atoms with Crippen LogP contribution in [0.3, 0.4) is 0 Å². The molecule has 4 rings (SSSR count). The third-order valence-corrected chi connectivity index (χ3v) is 7.87. The van der Waals surface area contributed by atoms with Crippen LogP contribution in [-0.4, -0.2) is 88.6 Å². The molecule has 2 amide bonds. The number of ether oxygens (including phenoxy) is 2. The van der Waals surface area contributed by atoms with E-state index in [1.807, 2.05) is 0 Å². The summed E-state index contributed by atoms with van der Waals surface area (Å²) < 4.78 is 38.0. The van der Waals surface area contributed by atoms with E-state index in [0.717, 1.165) is 0 Å². The second kappa shape index (κ2) is 7.92. The minimum Gasteiger partial charge on any atom is -0.379 e. The summed E-state index contributed by atoms with van der Waals surface area (Å²) in [5.41, 5.74) is 0.293. The van der Waals surface area contributed by atoms with Crippen LogP contribution < -0.4 is 4.90 Å². The van der Waals surface area contributed by atoms with Crippen molar-refractivity contribution in [1.82, 2.24) is 9.21 Å². The highest BCUT2D eigenvalue weighted by Crippen LogP contribution is 2.42. The van der Waals surface area contributed by atoms with Crippen LogP contribution in [0.2, 0.25) is 0 Å². The van der Waals surface area contributed by atoms with Crippen molar-refractivity contribution in [3.63, 3.8) is 0 Å². The molecule has 3 heterocycles. The summed E-state index contributed by atoms with van der Waals surface area (Å²) in [5, 5.41) is 0. The molecule has 0 saturated carbocycles. The molecule has 0 aliphatic carbocycles. The summed E-state index contributed by atoms with van der Waals surface area (Å²) in [5.74, 6) is -0.347. The molecule has 0 spiro atoms. The second-order valence-corrected chi connectivity index (χ2v) is 10.1. The van der Waals surface area contributed by atoms with Gasteiger partial charge in [-0.1, -0.05) is 0 Å². The smallest absolute Gasteiger partial charge is 0.243 e. The molecule has 164 valence electrons. The molecule has 0 aromatic heterocycles. The number of hydrogen-bond acceptors (Lipinski definition) is 6. The molecule has 2 saturated heterocycles. The van der Waals surface area contributed by atoms with Gasteiger partial charge in [0.15, 0.2) is 0 Å². The van der Waals surface area contributed by atoms with Crippen LogP contribution in [0.1, 0.15) is 19.4 Å². The monoisotopic (exact) mass is 437 g/mol. The fraction of sp³-hybridized carbons (Fsp3) is 0.600. The zero-order chi connectivity index (χ0) is 21.5. The third-order valence-electron chi connectivity index (χ3n) is 5.98. The van der Waals surface area contributed by atoms with Gasteiger partial charge in [0.05, 0.1) is 36.7 Å². The number of morpholine rings is 2. The Bertz CT molecular complexity index is 949. The molecule has 2 fully saturated rings. The first-order valence-corrected chi connectivity index (χ1v) is 11.6. The number of benzene rings is 1. The maximum atomic E-state index is 13.1. The summed E-state index contributed by atoms with van der Waals surface area (Å²) in [4.78, 5) is 29.2. The van der Waals surface area contributed by atoms with Crippen molar-refractivity contribution in [1.29, 1.82) is 0 Å². The first-order valence-electron chi connectivity index (χ1n) is 10.1. The number of rotatable bonds is 4. The molecule has 0 bridgehead atoms. The van der Waals surface area contributed by atoms with E-state index in [1.165, 1.54) is 15.3 Å². The molecule has 3 aliphatic heterocycles. The van der Waals surface area contributed by atoms with E-state index in [9.17, 15) is 18.0 Å². The fourth-order valence-corrected chi connectivity index (χ4v) is 5.55. The molecule has 30 heavy (non-hydrogen) atoms. The lowest BCUT2D eigenvalue weighted by Crippen LogP contribution is -2.47. The Morgan fingerprint density at radius 2 is 1.63 bits per heavy atom. The minimum absolute atomic E-state index is 0.0647. The van der Waals surface area contributed by atoms with E-state index >= 15 is 0 Å². The molecule has 0 N–H and O–H groups in total. The maximum absolute atomic E-state index is 13.1. The molecule has 3 aliphatic rings. The molecule has 1 aromatic carbocycles. The lowest BCUT2D eigenvalue weighted by molar-refractivity contribution is -0.135. The number of nitrogens with zero attached hydrogens (tertiary/aromatic N) is 3. The number of carbonyl (C=O) groups is 2. The number of hydrogen-bond donors (Lipinski definition) is 0. The molecule has 1 aromatic rings. The summed E-state index contributed by atoms with van der Waals surface area (Å²) in [6.45, 7) is 6.81. The average molecular weight is 438 g/mol. The molecule has 10 heteroatoms. The lowest BCUT2D eigenvalue weighted by atomic mass is 9.86. The highest BCUT2D eigenvalue weighted by molar-refractivity contribution is 7.89. The molecule has 9 nitrogen and oxygen atoms in total. The van der Waals surface area contributed by atoms with Gasteiger partial charge in [-0.15, -0.1) is 0 Å². The van der Waals surface area contributed by atoms with Crippen LogP contribution in [0, 0.1) is 0 Å². The van der Waals surface area contributed by atoms with Crippen molar-refractivity contribution >= 4 is 27.5 Å². The predicted octanol–water partition coefficient (Wildman–Crippen LogP) is 0.191. The Morgan fingerprint density at radius 1 is 1.03 bits per heavy atom. The van der Waals surface area contributed by atoms with Crippen LogP contribution in [0.25, 0.3) is 0 Å². The Hall–Kier alpha value is -2.01. The van der Waals surface area contributed by atoms with Crippen molar-refractivity contribution < 1.29 is 27.5 Å². The Labute approximate surface area is 176 Å². The number of fused-ring (bicyclic) bond motifs is 1. The number of anilines is 1. The minimum atomic E-state index is -3.67. The Morgan fingerprint density at radius 3 is 2.27 bits per heavy atom. The van der Waals surface area contributed by atoms with E-state index in [-0.39, 0.29) is 23.3 Å². The quantitative estimate of drug-likeness (QED) is 0.667. The van der Waals surface area contributed by atoms with Gasteiger partial charge < -0.3 is 19.3 Å². The zero-order valence-corrected chi connectivity index (χ0v) is 18.1. The molecular formula is C20H27N3O6S. The van der Waals surface area contributed by atoms with Crippen molar-refractivity contribution in [2.75, 3.05) is 64.1 Å². The summed E-state index contributed by atoms with van der Waals surface area (Å²) >= 11 is 0. The maximum Gasteiger partial charge on any atom is 0.243 e. The predicted molar refractivity (Wildman–Crippen MR) is 109 cm³/mol. The van der Waals surface area contributed by atoms with Gasteiger partial charge in [0.1, 0.15) is 6.54 Å². The summed E-state index contributed by atoms with van der Waals surface area (Å²) in [7, 11) is -3.67. The number of amides is 2. The van der Waals surface area contributed by atoms with Crippen molar-refractivity contribution in [2.45, 2.75) is 24.2 Å². The van der Waals surface area contributed by atoms with Gasteiger partial charge in [-0.25, -0.2) is 8.42 Å². The van der Waals surface area contributed by atoms with Crippen LogP contribution in [0.15, 0.2) is 23.1 Å². The van der Waals surface area contributed by atoms with E-state index in [1.54, 1.807) is 30.9 Å². The van der Waals surface area contributed by atoms with Crippen LogP contribution >= 0.6 is 0 Å². The standard InChI is InChI=1S/C20H27N3O6S/c1-20(2)16-13-15(30(26,27)22-7-11-29-12-8-22)3-4-17(16)23(19(20)25)14-18(24)21-5-9-28-10-6-21/h3-4,13H,5-12,14H2,1-2H3. The highest BCUT2D eigenvalue weighted by atomic mass is 32.2. The zero-order valence-electron chi connectivity index (χ0n) is 17.3. The first kappa shape index (κ1) is 21.2. The van der Waals surface area contributed by atoms with Crippen molar-refractivity contribution in [3.8, 4) is 0 Å². The van der Waals surface area contributed by atoms with E-state index in [2.05, 4.69) is 0 Å². The largest absolute Gasteiger partial charge is 0.379 e. The first-order chi connectivity index (χ1) is 14.2. The molecular weight excluding hydrogens is 410 g/mol.